The largest absolute Gasteiger partial charge is 0.378 e. The molecule has 0 unspecified atom stereocenters. The number of hydrogen-bond acceptors (Lipinski definition) is 4. The van der Waals surface area contributed by atoms with Crippen LogP contribution in [0.4, 0.5) is 0 Å². The summed E-state index contributed by atoms with van der Waals surface area (Å²) >= 11 is 1.62. The van der Waals surface area contributed by atoms with Gasteiger partial charge in [-0.1, -0.05) is 0 Å². The molecule has 0 bridgehead atoms. The number of hydrogen-bond donors (Lipinski definition) is 1. The molecule has 0 aromatic carbocycles. The Hall–Kier alpha value is -0.450. The number of methoxy groups -OCH3 is 1. The number of nitrogens with two attached hydrogens (primary N) is 1. The van der Waals surface area contributed by atoms with E-state index in [1.807, 2.05) is 5.38 Å². The van der Waals surface area contributed by atoms with Crippen molar-refractivity contribution in [2.24, 2.45) is 5.73 Å². The zero-order valence-corrected chi connectivity index (χ0v) is 7.86. The van der Waals surface area contributed by atoms with Crippen molar-refractivity contribution in [3.8, 4) is 0 Å². The standard InChI is InChI=1S/C8H12N2OS/c1-11-4-7-10-6(5-12-7)8(9)2-3-8/h5H,2-4,9H2,1H3. The molecule has 2 N–H and O–H groups in total. The molecule has 1 aliphatic rings. The van der Waals surface area contributed by atoms with Gasteiger partial charge in [0.1, 0.15) is 5.01 Å². The first kappa shape index (κ1) is 8.16. The maximum Gasteiger partial charge on any atom is 0.119 e. The third-order valence-corrected chi connectivity index (χ3v) is 2.94. The molecule has 1 aromatic rings. The van der Waals surface area contributed by atoms with Crippen LogP contribution in [0.15, 0.2) is 5.38 Å². The predicted octanol–water partition coefficient (Wildman–Crippen LogP) is 1.24. The summed E-state index contributed by atoms with van der Waals surface area (Å²) in [6.07, 6.45) is 2.15. The Morgan fingerprint density at radius 1 is 1.75 bits per heavy atom. The van der Waals surface area contributed by atoms with Gasteiger partial charge in [-0.2, -0.15) is 0 Å². The molecule has 4 heteroatoms. The molecule has 0 radical (unpaired) electrons. The van der Waals surface area contributed by atoms with Crippen molar-refractivity contribution in [2.75, 3.05) is 7.11 Å². The highest BCUT2D eigenvalue weighted by atomic mass is 32.1. The fourth-order valence-corrected chi connectivity index (χ4v) is 1.99. The summed E-state index contributed by atoms with van der Waals surface area (Å²) in [6, 6.07) is 0. The molecule has 1 aromatic heterocycles. The normalized spacial score (nSPS) is 19.5. The predicted molar refractivity (Wildman–Crippen MR) is 47.9 cm³/mol. The van der Waals surface area contributed by atoms with Crippen molar-refractivity contribution in [2.45, 2.75) is 25.0 Å². The first-order valence-corrected chi connectivity index (χ1v) is 4.85. The summed E-state index contributed by atoms with van der Waals surface area (Å²) in [5, 5.41) is 3.06. The van der Waals surface area contributed by atoms with E-state index >= 15 is 0 Å². The van der Waals surface area contributed by atoms with Gasteiger partial charge in [0.15, 0.2) is 0 Å². The lowest BCUT2D eigenvalue weighted by atomic mass is 10.2. The Bertz CT molecular complexity index is 280. The average molecular weight is 184 g/mol. The fraction of sp³-hybridized carbons (Fsp3) is 0.625. The molecular formula is C8H12N2OS. The summed E-state index contributed by atoms with van der Waals surface area (Å²) < 4.78 is 4.98. The van der Waals surface area contributed by atoms with Crippen LogP contribution in [0.1, 0.15) is 23.5 Å². The van der Waals surface area contributed by atoms with Crippen LogP contribution in [0.2, 0.25) is 0 Å². The highest BCUT2D eigenvalue weighted by Gasteiger charge is 2.42. The maximum atomic E-state index is 5.98. The second kappa shape index (κ2) is 2.80. The molecule has 0 spiro atoms. The van der Waals surface area contributed by atoms with E-state index in [0.717, 1.165) is 23.5 Å². The lowest BCUT2D eigenvalue weighted by Crippen LogP contribution is -2.19. The summed E-state index contributed by atoms with van der Waals surface area (Å²) in [5.41, 5.74) is 6.93. The first-order chi connectivity index (χ1) is 5.74. The molecule has 1 aliphatic carbocycles. The first-order valence-electron chi connectivity index (χ1n) is 3.97. The van der Waals surface area contributed by atoms with Gasteiger partial charge in [-0.15, -0.1) is 11.3 Å². The number of rotatable bonds is 3. The molecule has 0 amide bonds. The highest BCUT2D eigenvalue weighted by Crippen LogP contribution is 2.42. The Morgan fingerprint density at radius 3 is 3.08 bits per heavy atom. The molecule has 1 fully saturated rings. The van der Waals surface area contributed by atoms with Gasteiger partial charge in [0, 0.05) is 12.5 Å². The van der Waals surface area contributed by atoms with E-state index in [2.05, 4.69) is 4.98 Å². The van der Waals surface area contributed by atoms with Crippen LogP contribution in [0.25, 0.3) is 0 Å². The Labute approximate surface area is 75.6 Å². The van der Waals surface area contributed by atoms with Gasteiger partial charge in [0.2, 0.25) is 0 Å². The topological polar surface area (TPSA) is 48.1 Å². The van der Waals surface area contributed by atoms with Gasteiger partial charge in [-0.25, -0.2) is 4.98 Å². The van der Waals surface area contributed by atoms with Crippen molar-refractivity contribution >= 4 is 11.3 Å². The molecular weight excluding hydrogens is 172 g/mol. The van der Waals surface area contributed by atoms with Crippen LogP contribution in [-0.2, 0) is 16.9 Å². The fourth-order valence-electron chi connectivity index (χ4n) is 1.12. The molecule has 3 nitrogen and oxygen atoms in total. The van der Waals surface area contributed by atoms with E-state index in [4.69, 9.17) is 10.5 Å². The molecule has 0 aliphatic heterocycles. The third-order valence-electron chi connectivity index (χ3n) is 2.12. The summed E-state index contributed by atoms with van der Waals surface area (Å²) in [5.74, 6) is 0. The summed E-state index contributed by atoms with van der Waals surface area (Å²) in [4.78, 5) is 4.40. The average Bonchev–Trinajstić information content (AvgIpc) is 2.64. The van der Waals surface area contributed by atoms with Gasteiger partial charge < -0.3 is 10.5 Å². The second-order valence-corrected chi connectivity index (χ2v) is 4.16. The van der Waals surface area contributed by atoms with Crippen LogP contribution in [0.5, 0.6) is 0 Å². The van der Waals surface area contributed by atoms with Crippen LogP contribution in [-0.4, -0.2) is 12.1 Å². The molecule has 2 rings (SSSR count). The molecule has 0 atom stereocenters. The minimum absolute atomic E-state index is 0.0948. The number of thiazole rings is 1. The molecule has 0 saturated heterocycles. The van der Waals surface area contributed by atoms with Gasteiger partial charge >= 0.3 is 0 Å². The summed E-state index contributed by atoms with van der Waals surface area (Å²) in [7, 11) is 1.68. The molecule has 12 heavy (non-hydrogen) atoms. The number of aromatic nitrogens is 1. The highest BCUT2D eigenvalue weighted by molar-refractivity contribution is 7.09. The number of ether oxygens (including phenoxy) is 1. The maximum absolute atomic E-state index is 5.98. The van der Waals surface area contributed by atoms with E-state index in [1.165, 1.54) is 0 Å². The SMILES string of the molecule is COCc1nc(C2(N)CC2)cs1. The Balaban J connectivity index is 2.13. The number of nitrogens with zero attached hydrogens (tertiary/aromatic N) is 1. The van der Waals surface area contributed by atoms with E-state index in [9.17, 15) is 0 Å². The zero-order chi connectivity index (χ0) is 8.60. The second-order valence-electron chi connectivity index (χ2n) is 3.22. The Morgan fingerprint density at radius 2 is 2.50 bits per heavy atom. The van der Waals surface area contributed by atoms with Crippen molar-refractivity contribution in [1.29, 1.82) is 0 Å². The van der Waals surface area contributed by atoms with Gasteiger partial charge in [-0.05, 0) is 12.8 Å². The van der Waals surface area contributed by atoms with Crippen LogP contribution < -0.4 is 5.73 Å². The van der Waals surface area contributed by atoms with E-state index < -0.39 is 0 Å². The molecule has 1 saturated carbocycles. The lowest BCUT2D eigenvalue weighted by Gasteiger charge is -2.01. The minimum Gasteiger partial charge on any atom is -0.378 e. The smallest absolute Gasteiger partial charge is 0.119 e. The quantitative estimate of drug-likeness (QED) is 0.768. The van der Waals surface area contributed by atoms with Gasteiger partial charge in [0.25, 0.3) is 0 Å². The van der Waals surface area contributed by atoms with Gasteiger partial charge in [0.05, 0.1) is 17.8 Å². The van der Waals surface area contributed by atoms with E-state index in [0.29, 0.717) is 6.61 Å². The molecule has 1 heterocycles. The van der Waals surface area contributed by atoms with Crippen LogP contribution in [0, 0.1) is 0 Å². The Kier molecular flexibility index (Phi) is 1.90. The van der Waals surface area contributed by atoms with Crippen molar-refractivity contribution in [1.82, 2.24) is 4.98 Å². The van der Waals surface area contributed by atoms with E-state index in [-0.39, 0.29) is 5.54 Å². The lowest BCUT2D eigenvalue weighted by molar-refractivity contribution is 0.184. The van der Waals surface area contributed by atoms with Crippen molar-refractivity contribution in [3.05, 3.63) is 16.1 Å². The monoisotopic (exact) mass is 184 g/mol. The van der Waals surface area contributed by atoms with Crippen molar-refractivity contribution < 1.29 is 4.74 Å². The molecule has 66 valence electrons. The minimum atomic E-state index is -0.0948. The van der Waals surface area contributed by atoms with Crippen molar-refractivity contribution in [3.63, 3.8) is 0 Å². The van der Waals surface area contributed by atoms with E-state index in [1.54, 1.807) is 18.4 Å². The van der Waals surface area contributed by atoms with Crippen LogP contribution in [0.3, 0.4) is 0 Å². The zero-order valence-electron chi connectivity index (χ0n) is 7.04. The summed E-state index contributed by atoms with van der Waals surface area (Å²) in [6.45, 7) is 0.598. The van der Waals surface area contributed by atoms with Crippen LogP contribution >= 0.6 is 11.3 Å². The van der Waals surface area contributed by atoms with Gasteiger partial charge in [-0.3, -0.25) is 0 Å². The third kappa shape index (κ3) is 1.37.